The number of likely N-dealkylation sites (tertiary alicyclic amines) is 1. The summed E-state index contributed by atoms with van der Waals surface area (Å²) < 4.78 is 0. The molecule has 0 bridgehead atoms. The van der Waals surface area contributed by atoms with Gasteiger partial charge in [-0.15, -0.1) is 0 Å². The van der Waals surface area contributed by atoms with Crippen LogP contribution in [-0.4, -0.2) is 28.7 Å². The van der Waals surface area contributed by atoms with E-state index >= 15 is 0 Å². The van der Waals surface area contributed by atoms with Gasteiger partial charge in [0.2, 0.25) is 0 Å². The van der Waals surface area contributed by atoms with E-state index in [2.05, 4.69) is 33.0 Å². The Morgan fingerprint density at radius 2 is 2.00 bits per heavy atom. The number of carbonyl (C=O) groups is 1. The van der Waals surface area contributed by atoms with Crippen molar-refractivity contribution >= 4 is 32.6 Å². The zero-order chi connectivity index (χ0) is 14.7. The largest absolute Gasteiger partial charge is 0.336 e. The van der Waals surface area contributed by atoms with Crippen LogP contribution in [0.1, 0.15) is 36.0 Å². The molecule has 1 saturated heterocycles. The van der Waals surface area contributed by atoms with Crippen molar-refractivity contribution in [2.45, 2.75) is 31.7 Å². The molecule has 1 aliphatic rings. The molecule has 0 N–H and O–H groups in total. The molecule has 2 nitrogen and oxygen atoms in total. The average molecular weight is 346 g/mol. The summed E-state index contributed by atoms with van der Waals surface area (Å²) in [7, 11) is 0. The first-order valence-electron chi connectivity index (χ1n) is 7.66. The molecule has 0 aliphatic carbocycles. The number of halogens is 1. The first kappa shape index (κ1) is 14.6. The van der Waals surface area contributed by atoms with Gasteiger partial charge in [0.1, 0.15) is 0 Å². The van der Waals surface area contributed by atoms with Gasteiger partial charge >= 0.3 is 0 Å². The van der Waals surface area contributed by atoms with Gasteiger partial charge in [0.15, 0.2) is 0 Å². The molecule has 0 spiro atoms. The molecule has 1 aliphatic heterocycles. The Labute approximate surface area is 134 Å². The highest BCUT2D eigenvalue weighted by Gasteiger charge is 2.29. The zero-order valence-electron chi connectivity index (χ0n) is 12.1. The SMILES string of the molecule is O=C(c1cccc2ccccc12)N1CCCC1CCCBr. The van der Waals surface area contributed by atoms with Crippen LogP contribution in [0.3, 0.4) is 0 Å². The maximum Gasteiger partial charge on any atom is 0.254 e. The van der Waals surface area contributed by atoms with E-state index < -0.39 is 0 Å². The van der Waals surface area contributed by atoms with Crippen molar-refractivity contribution in [1.29, 1.82) is 0 Å². The Morgan fingerprint density at radius 3 is 2.86 bits per heavy atom. The second-order valence-corrected chi connectivity index (χ2v) is 6.45. The molecule has 2 aromatic rings. The summed E-state index contributed by atoms with van der Waals surface area (Å²) >= 11 is 3.49. The van der Waals surface area contributed by atoms with Crippen LogP contribution >= 0.6 is 15.9 Å². The lowest BCUT2D eigenvalue weighted by Gasteiger charge is -2.25. The molecule has 2 aromatic carbocycles. The van der Waals surface area contributed by atoms with E-state index in [1.54, 1.807) is 0 Å². The van der Waals surface area contributed by atoms with Crippen LogP contribution < -0.4 is 0 Å². The van der Waals surface area contributed by atoms with Crippen LogP contribution in [0.15, 0.2) is 42.5 Å². The molecule has 110 valence electrons. The Morgan fingerprint density at radius 1 is 1.19 bits per heavy atom. The molecule has 1 atom stereocenters. The fraction of sp³-hybridized carbons (Fsp3) is 0.389. The van der Waals surface area contributed by atoms with Gasteiger partial charge in [0.05, 0.1) is 0 Å². The Kier molecular flexibility index (Phi) is 4.59. The van der Waals surface area contributed by atoms with Gasteiger partial charge in [-0.05, 0) is 42.5 Å². The molecule has 1 heterocycles. The van der Waals surface area contributed by atoms with E-state index in [1.165, 1.54) is 0 Å². The van der Waals surface area contributed by atoms with Crippen LogP contribution in [0.5, 0.6) is 0 Å². The summed E-state index contributed by atoms with van der Waals surface area (Å²) in [6, 6.07) is 14.6. The minimum absolute atomic E-state index is 0.198. The molecule has 21 heavy (non-hydrogen) atoms. The lowest BCUT2D eigenvalue weighted by molar-refractivity contribution is 0.0732. The van der Waals surface area contributed by atoms with Crippen molar-refractivity contribution in [3.8, 4) is 0 Å². The van der Waals surface area contributed by atoms with Crippen LogP contribution in [0.25, 0.3) is 10.8 Å². The highest BCUT2D eigenvalue weighted by atomic mass is 79.9. The van der Waals surface area contributed by atoms with Gasteiger partial charge in [-0.1, -0.05) is 52.3 Å². The quantitative estimate of drug-likeness (QED) is 0.740. The third-order valence-corrected chi connectivity index (χ3v) is 4.89. The molecule has 1 fully saturated rings. The molecule has 3 heteroatoms. The lowest BCUT2D eigenvalue weighted by Crippen LogP contribution is -2.35. The van der Waals surface area contributed by atoms with E-state index in [9.17, 15) is 4.79 Å². The number of amides is 1. The zero-order valence-corrected chi connectivity index (χ0v) is 13.7. The Hall–Kier alpha value is -1.35. The Balaban J connectivity index is 1.89. The van der Waals surface area contributed by atoms with Gasteiger partial charge in [-0.25, -0.2) is 0 Å². The second-order valence-electron chi connectivity index (χ2n) is 5.65. The fourth-order valence-corrected chi connectivity index (χ4v) is 3.61. The maximum atomic E-state index is 12.9. The maximum absolute atomic E-state index is 12.9. The third-order valence-electron chi connectivity index (χ3n) is 4.33. The number of rotatable bonds is 4. The molecule has 1 amide bonds. The highest BCUT2D eigenvalue weighted by molar-refractivity contribution is 9.09. The third kappa shape index (κ3) is 2.98. The van der Waals surface area contributed by atoms with Crippen LogP contribution in [0.2, 0.25) is 0 Å². The predicted octanol–water partition coefficient (Wildman–Crippen LogP) is 4.62. The highest BCUT2D eigenvalue weighted by Crippen LogP contribution is 2.26. The normalized spacial score (nSPS) is 18.3. The summed E-state index contributed by atoms with van der Waals surface area (Å²) in [6.45, 7) is 0.898. The van der Waals surface area contributed by atoms with Crippen molar-refractivity contribution in [3.05, 3.63) is 48.0 Å². The van der Waals surface area contributed by atoms with E-state index in [0.29, 0.717) is 6.04 Å². The minimum Gasteiger partial charge on any atom is -0.336 e. The molecular weight excluding hydrogens is 326 g/mol. The lowest BCUT2D eigenvalue weighted by atomic mass is 10.0. The number of nitrogens with zero attached hydrogens (tertiary/aromatic N) is 1. The standard InChI is InChI=1S/C18H20BrNO/c19-12-4-8-15-9-5-13-20(15)18(21)17-11-3-7-14-6-1-2-10-16(14)17/h1-3,6-7,10-11,15H,4-5,8-9,12-13H2. The number of benzene rings is 2. The summed E-state index contributed by atoms with van der Waals surface area (Å²) in [5.74, 6) is 0.198. The molecule has 1 unspecified atom stereocenters. The molecule has 0 aromatic heterocycles. The van der Waals surface area contributed by atoms with Crippen LogP contribution in [-0.2, 0) is 0 Å². The van der Waals surface area contributed by atoms with Gasteiger partial charge in [-0.3, -0.25) is 4.79 Å². The molecule has 0 saturated carbocycles. The second kappa shape index (κ2) is 6.61. The van der Waals surface area contributed by atoms with Gasteiger partial charge < -0.3 is 4.90 Å². The first-order chi connectivity index (χ1) is 10.3. The van der Waals surface area contributed by atoms with Crippen molar-refractivity contribution in [2.24, 2.45) is 0 Å². The number of carbonyl (C=O) groups excluding carboxylic acids is 1. The fourth-order valence-electron chi connectivity index (χ4n) is 3.28. The van der Waals surface area contributed by atoms with Crippen molar-refractivity contribution in [1.82, 2.24) is 4.90 Å². The molecular formula is C18H20BrNO. The Bertz CT molecular complexity index is 635. The van der Waals surface area contributed by atoms with Crippen LogP contribution in [0, 0.1) is 0 Å². The first-order valence-corrected chi connectivity index (χ1v) is 8.78. The summed E-state index contributed by atoms with van der Waals surface area (Å²) in [6.07, 6.45) is 4.50. The number of hydrogen-bond acceptors (Lipinski definition) is 1. The van der Waals surface area contributed by atoms with Gasteiger partial charge in [-0.2, -0.15) is 0 Å². The van der Waals surface area contributed by atoms with Crippen molar-refractivity contribution < 1.29 is 4.79 Å². The van der Waals surface area contributed by atoms with Gasteiger partial charge in [0, 0.05) is 23.5 Å². The number of fused-ring (bicyclic) bond motifs is 1. The molecule has 3 rings (SSSR count). The van der Waals surface area contributed by atoms with Crippen LogP contribution in [0.4, 0.5) is 0 Å². The molecule has 0 radical (unpaired) electrons. The van der Waals surface area contributed by atoms with E-state index in [0.717, 1.165) is 53.9 Å². The number of hydrogen-bond donors (Lipinski definition) is 0. The van der Waals surface area contributed by atoms with Crippen molar-refractivity contribution in [2.75, 3.05) is 11.9 Å². The number of alkyl halides is 1. The monoisotopic (exact) mass is 345 g/mol. The topological polar surface area (TPSA) is 20.3 Å². The van der Waals surface area contributed by atoms with Gasteiger partial charge in [0.25, 0.3) is 5.91 Å². The van der Waals surface area contributed by atoms with E-state index in [1.807, 2.05) is 30.3 Å². The summed E-state index contributed by atoms with van der Waals surface area (Å²) in [4.78, 5) is 15.0. The predicted molar refractivity (Wildman–Crippen MR) is 91.0 cm³/mol. The average Bonchev–Trinajstić information content (AvgIpc) is 3.00. The van der Waals surface area contributed by atoms with Crippen molar-refractivity contribution in [3.63, 3.8) is 0 Å². The summed E-state index contributed by atoms with van der Waals surface area (Å²) in [5.41, 5.74) is 0.846. The summed E-state index contributed by atoms with van der Waals surface area (Å²) in [5, 5.41) is 3.22. The smallest absolute Gasteiger partial charge is 0.254 e. The van der Waals surface area contributed by atoms with E-state index in [4.69, 9.17) is 0 Å². The minimum atomic E-state index is 0.198. The van der Waals surface area contributed by atoms with E-state index in [-0.39, 0.29) is 5.91 Å².